The Balaban J connectivity index is 1.47. The van der Waals surface area contributed by atoms with Gasteiger partial charge in [0.2, 0.25) is 0 Å². The van der Waals surface area contributed by atoms with Crippen molar-refractivity contribution in [3.63, 3.8) is 0 Å². The zero-order valence-corrected chi connectivity index (χ0v) is 14.0. The molecule has 1 saturated carbocycles. The summed E-state index contributed by atoms with van der Waals surface area (Å²) in [6, 6.07) is 3.00. The Morgan fingerprint density at radius 1 is 1.14 bits per heavy atom. The molecule has 21 heavy (non-hydrogen) atoms. The third-order valence-corrected chi connectivity index (χ3v) is 6.67. The van der Waals surface area contributed by atoms with Gasteiger partial charge in [0.15, 0.2) is 0 Å². The van der Waals surface area contributed by atoms with Gasteiger partial charge in [-0.05, 0) is 49.6 Å². The first-order valence-electron chi connectivity index (χ1n) is 8.11. The van der Waals surface area contributed by atoms with E-state index in [4.69, 9.17) is 4.98 Å². The average Bonchev–Trinajstić information content (AvgIpc) is 3.18. The van der Waals surface area contributed by atoms with Crippen LogP contribution >= 0.6 is 22.7 Å². The summed E-state index contributed by atoms with van der Waals surface area (Å²) in [5.74, 6) is 0.961. The van der Waals surface area contributed by atoms with Gasteiger partial charge in [-0.25, -0.2) is 4.98 Å². The van der Waals surface area contributed by atoms with E-state index in [0.717, 1.165) is 18.5 Å². The number of fused-ring (bicyclic) bond motifs is 1. The van der Waals surface area contributed by atoms with Gasteiger partial charge in [0.25, 0.3) is 0 Å². The van der Waals surface area contributed by atoms with Gasteiger partial charge in [0, 0.05) is 28.9 Å². The van der Waals surface area contributed by atoms with E-state index in [2.05, 4.69) is 27.1 Å². The largest absolute Gasteiger partial charge is 0.294 e. The Hall–Kier alpha value is -0.710. The lowest BCUT2D eigenvalue weighted by Crippen LogP contribution is -2.46. The van der Waals surface area contributed by atoms with E-state index in [1.807, 2.05) is 0 Å². The number of hydrogen-bond acceptors (Lipinski definition) is 4. The highest BCUT2D eigenvalue weighted by Crippen LogP contribution is 2.36. The first kappa shape index (κ1) is 13.9. The van der Waals surface area contributed by atoms with Gasteiger partial charge in [0.05, 0.1) is 5.69 Å². The third-order valence-electron chi connectivity index (χ3n) is 5.04. The van der Waals surface area contributed by atoms with Crippen LogP contribution in [0.2, 0.25) is 0 Å². The second-order valence-corrected chi connectivity index (χ2v) is 8.02. The van der Waals surface area contributed by atoms with Crippen LogP contribution in [-0.2, 0) is 6.54 Å². The Labute approximate surface area is 134 Å². The van der Waals surface area contributed by atoms with Gasteiger partial charge in [0.1, 0.15) is 5.01 Å². The summed E-state index contributed by atoms with van der Waals surface area (Å²) in [4.78, 5) is 7.59. The molecule has 112 valence electrons. The fourth-order valence-electron chi connectivity index (χ4n) is 4.03. The van der Waals surface area contributed by atoms with Crippen LogP contribution in [0.25, 0.3) is 10.6 Å². The molecule has 0 radical (unpaired) electrons. The number of thiazole rings is 1. The summed E-state index contributed by atoms with van der Waals surface area (Å²) >= 11 is 3.54. The first-order valence-corrected chi connectivity index (χ1v) is 9.93. The Morgan fingerprint density at radius 3 is 2.95 bits per heavy atom. The molecule has 3 heterocycles. The van der Waals surface area contributed by atoms with E-state index < -0.39 is 0 Å². The van der Waals surface area contributed by atoms with E-state index >= 15 is 0 Å². The molecule has 1 saturated heterocycles. The van der Waals surface area contributed by atoms with Crippen molar-refractivity contribution in [2.45, 2.75) is 51.1 Å². The fraction of sp³-hybridized carbons (Fsp3) is 0.588. The number of aromatic nitrogens is 1. The van der Waals surface area contributed by atoms with E-state index in [1.54, 1.807) is 22.7 Å². The lowest BCUT2D eigenvalue weighted by molar-refractivity contribution is 0.0539. The second-order valence-electron chi connectivity index (χ2n) is 6.38. The Morgan fingerprint density at radius 2 is 2.05 bits per heavy atom. The van der Waals surface area contributed by atoms with Gasteiger partial charge >= 0.3 is 0 Å². The maximum Gasteiger partial charge on any atom is 0.124 e. The number of nitrogens with zero attached hydrogens (tertiary/aromatic N) is 2. The molecule has 2 aliphatic rings. The van der Waals surface area contributed by atoms with E-state index in [9.17, 15) is 0 Å². The van der Waals surface area contributed by atoms with Gasteiger partial charge in [-0.3, -0.25) is 4.90 Å². The molecule has 2 atom stereocenters. The smallest absolute Gasteiger partial charge is 0.124 e. The van der Waals surface area contributed by atoms with E-state index in [1.165, 1.54) is 61.3 Å². The fourth-order valence-corrected chi connectivity index (χ4v) is 5.55. The summed E-state index contributed by atoms with van der Waals surface area (Å²) in [6.45, 7) is 2.33. The topological polar surface area (TPSA) is 16.1 Å². The SMILES string of the molecule is c1cc(-c2nc(CN3CCCC4CCCCC43)cs2)cs1. The summed E-state index contributed by atoms with van der Waals surface area (Å²) in [6.07, 6.45) is 8.58. The van der Waals surface area contributed by atoms with Crippen LogP contribution in [0.1, 0.15) is 44.2 Å². The van der Waals surface area contributed by atoms with Crippen LogP contribution in [0.15, 0.2) is 22.2 Å². The molecule has 0 spiro atoms. The minimum absolute atomic E-state index is 0.832. The molecular formula is C17H22N2S2. The lowest BCUT2D eigenvalue weighted by Gasteiger charge is -2.44. The van der Waals surface area contributed by atoms with Crippen LogP contribution in [0.3, 0.4) is 0 Å². The Kier molecular flexibility index (Phi) is 4.10. The quantitative estimate of drug-likeness (QED) is 0.789. The molecule has 4 heteroatoms. The highest BCUT2D eigenvalue weighted by Gasteiger charge is 2.33. The van der Waals surface area contributed by atoms with Crippen LogP contribution in [0.5, 0.6) is 0 Å². The molecule has 1 aliphatic heterocycles. The van der Waals surface area contributed by atoms with Crippen LogP contribution in [0.4, 0.5) is 0 Å². The summed E-state index contributed by atoms with van der Waals surface area (Å²) in [7, 11) is 0. The van der Waals surface area contributed by atoms with Gasteiger partial charge < -0.3 is 0 Å². The predicted molar refractivity (Wildman–Crippen MR) is 90.8 cm³/mol. The number of likely N-dealkylation sites (tertiary alicyclic amines) is 1. The normalized spacial score (nSPS) is 26.7. The number of rotatable bonds is 3. The zero-order valence-electron chi connectivity index (χ0n) is 12.3. The summed E-state index contributed by atoms with van der Waals surface area (Å²) in [5, 5.41) is 7.77. The predicted octanol–water partition coefficient (Wildman–Crippen LogP) is 5.03. The van der Waals surface area contributed by atoms with E-state index in [0.29, 0.717) is 0 Å². The van der Waals surface area contributed by atoms with Crippen LogP contribution in [-0.4, -0.2) is 22.5 Å². The van der Waals surface area contributed by atoms with Crippen molar-refractivity contribution >= 4 is 22.7 Å². The molecular weight excluding hydrogens is 296 g/mol. The molecule has 0 amide bonds. The molecule has 2 aromatic rings. The monoisotopic (exact) mass is 318 g/mol. The van der Waals surface area contributed by atoms with Gasteiger partial charge in [-0.15, -0.1) is 11.3 Å². The first-order chi connectivity index (χ1) is 10.4. The van der Waals surface area contributed by atoms with Crippen molar-refractivity contribution < 1.29 is 0 Å². The number of hydrogen-bond donors (Lipinski definition) is 0. The molecule has 0 N–H and O–H groups in total. The van der Waals surface area contributed by atoms with Gasteiger partial charge in [-0.1, -0.05) is 12.8 Å². The maximum absolute atomic E-state index is 4.87. The molecule has 4 rings (SSSR count). The highest BCUT2D eigenvalue weighted by atomic mass is 32.1. The zero-order chi connectivity index (χ0) is 14.1. The Bertz CT molecular complexity index is 573. The number of piperidine rings is 1. The van der Waals surface area contributed by atoms with E-state index in [-0.39, 0.29) is 0 Å². The van der Waals surface area contributed by atoms with Crippen molar-refractivity contribution in [3.8, 4) is 10.6 Å². The van der Waals surface area contributed by atoms with Crippen molar-refractivity contribution in [1.29, 1.82) is 0 Å². The van der Waals surface area contributed by atoms with Crippen LogP contribution < -0.4 is 0 Å². The minimum atomic E-state index is 0.832. The molecule has 1 aliphatic carbocycles. The minimum Gasteiger partial charge on any atom is -0.294 e. The number of thiophene rings is 1. The average molecular weight is 319 g/mol. The lowest BCUT2D eigenvalue weighted by atomic mass is 9.78. The van der Waals surface area contributed by atoms with Crippen LogP contribution in [0, 0.1) is 5.92 Å². The molecule has 2 aromatic heterocycles. The molecule has 0 bridgehead atoms. The molecule has 0 aromatic carbocycles. The second kappa shape index (κ2) is 6.19. The summed E-state index contributed by atoms with van der Waals surface area (Å²) < 4.78 is 0. The highest BCUT2D eigenvalue weighted by molar-refractivity contribution is 7.14. The molecule has 2 nitrogen and oxygen atoms in total. The standard InChI is InChI=1S/C17H22N2S2/c1-2-6-16-13(4-1)5-3-8-19(16)10-15-12-21-17(18-15)14-7-9-20-11-14/h7,9,11-13,16H,1-6,8,10H2. The van der Waals surface area contributed by atoms with Crippen molar-refractivity contribution in [2.24, 2.45) is 5.92 Å². The van der Waals surface area contributed by atoms with Gasteiger partial charge in [-0.2, -0.15) is 11.3 Å². The maximum atomic E-state index is 4.87. The van der Waals surface area contributed by atoms with Crippen molar-refractivity contribution in [1.82, 2.24) is 9.88 Å². The van der Waals surface area contributed by atoms with Crippen molar-refractivity contribution in [2.75, 3.05) is 6.54 Å². The third kappa shape index (κ3) is 2.94. The molecule has 2 unspecified atom stereocenters. The van der Waals surface area contributed by atoms with Crippen molar-refractivity contribution in [3.05, 3.63) is 27.9 Å². The molecule has 2 fully saturated rings. The summed E-state index contributed by atoms with van der Waals surface area (Å²) in [5.41, 5.74) is 2.55.